The van der Waals surface area contributed by atoms with Crippen LogP contribution in [0.15, 0.2) is 65.5 Å². The van der Waals surface area contributed by atoms with Gasteiger partial charge in [-0.3, -0.25) is 14.2 Å². The molecule has 3 rings (SSSR count). The lowest BCUT2D eigenvalue weighted by Crippen LogP contribution is -2.34. The van der Waals surface area contributed by atoms with Crippen molar-refractivity contribution in [2.24, 2.45) is 0 Å². The number of amides is 1. The summed E-state index contributed by atoms with van der Waals surface area (Å²) in [4.78, 5) is 25.4. The lowest BCUT2D eigenvalue weighted by molar-refractivity contribution is -0.137. The second kappa shape index (κ2) is 8.75. The highest BCUT2D eigenvalue weighted by Crippen LogP contribution is 2.30. The number of hydrogen-bond donors (Lipinski definition) is 1. The van der Waals surface area contributed by atoms with Crippen molar-refractivity contribution in [1.82, 2.24) is 9.88 Å². The molecular weight excluding hydrogens is 417 g/mol. The van der Waals surface area contributed by atoms with E-state index in [0.717, 1.165) is 22.3 Å². The van der Waals surface area contributed by atoms with E-state index in [9.17, 15) is 22.8 Å². The third kappa shape index (κ3) is 4.91. The Kier molecular flexibility index (Phi) is 6.31. The summed E-state index contributed by atoms with van der Waals surface area (Å²) in [6.07, 6.45) is -4.00. The highest BCUT2D eigenvalue weighted by molar-refractivity contribution is 6.30. The SMILES string of the molecule is Cc1ccc(C(=O)NCCc2ccc(Cl)cc2)c(=O)n1-c1cccc(C(F)(F)F)c1. The lowest BCUT2D eigenvalue weighted by Gasteiger charge is -2.14. The van der Waals surface area contributed by atoms with E-state index < -0.39 is 23.2 Å². The number of benzene rings is 2. The molecule has 0 fully saturated rings. The molecule has 1 heterocycles. The van der Waals surface area contributed by atoms with Crippen LogP contribution in [0.3, 0.4) is 0 Å². The normalized spacial score (nSPS) is 11.4. The number of nitrogens with one attached hydrogen (secondary N) is 1. The monoisotopic (exact) mass is 434 g/mol. The second-order valence-corrected chi connectivity index (χ2v) is 7.15. The lowest BCUT2D eigenvalue weighted by atomic mass is 10.1. The average Bonchev–Trinajstić information content (AvgIpc) is 2.69. The summed E-state index contributed by atoms with van der Waals surface area (Å²) >= 11 is 5.84. The number of pyridine rings is 1. The summed E-state index contributed by atoms with van der Waals surface area (Å²) in [5.41, 5.74) is -0.276. The molecule has 30 heavy (non-hydrogen) atoms. The maximum Gasteiger partial charge on any atom is 0.416 e. The molecule has 0 atom stereocenters. The zero-order valence-corrected chi connectivity index (χ0v) is 16.7. The molecule has 8 heteroatoms. The number of halogens is 4. The van der Waals surface area contributed by atoms with Crippen LogP contribution in [0.1, 0.15) is 27.2 Å². The van der Waals surface area contributed by atoms with Crippen LogP contribution in [0.25, 0.3) is 5.69 Å². The van der Waals surface area contributed by atoms with Gasteiger partial charge in [0.2, 0.25) is 0 Å². The molecule has 0 saturated heterocycles. The van der Waals surface area contributed by atoms with Crippen molar-refractivity contribution >= 4 is 17.5 Å². The largest absolute Gasteiger partial charge is 0.416 e. The number of alkyl halides is 3. The zero-order valence-electron chi connectivity index (χ0n) is 16.0. The molecule has 0 aliphatic rings. The molecule has 0 spiro atoms. The second-order valence-electron chi connectivity index (χ2n) is 6.71. The minimum Gasteiger partial charge on any atom is -0.352 e. The Hall–Kier alpha value is -3.06. The summed E-state index contributed by atoms with van der Waals surface area (Å²) in [5, 5.41) is 3.28. The Morgan fingerprint density at radius 2 is 1.77 bits per heavy atom. The van der Waals surface area contributed by atoms with Crippen LogP contribution in [-0.2, 0) is 12.6 Å². The molecule has 3 aromatic rings. The molecule has 1 amide bonds. The number of aryl methyl sites for hydroxylation is 1. The van der Waals surface area contributed by atoms with Gasteiger partial charge in [0.1, 0.15) is 5.56 Å². The molecule has 0 radical (unpaired) electrons. The minimum absolute atomic E-state index is 0.0446. The summed E-state index contributed by atoms with van der Waals surface area (Å²) < 4.78 is 40.2. The van der Waals surface area contributed by atoms with E-state index in [1.54, 1.807) is 19.1 Å². The van der Waals surface area contributed by atoms with E-state index in [-0.39, 0.29) is 17.8 Å². The number of aromatic nitrogens is 1. The molecule has 0 bridgehead atoms. The summed E-state index contributed by atoms with van der Waals surface area (Å²) in [5.74, 6) is -0.588. The van der Waals surface area contributed by atoms with Gasteiger partial charge in [-0.05, 0) is 61.4 Å². The van der Waals surface area contributed by atoms with Crippen LogP contribution in [0.2, 0.25) is 5.02 Å². The van der Waals surface area contributed by atoms with E-state index in [0.29, 0.717) is 17.1 Å². The molecule has 4 nitrogen and oxygen atoms in total. The maximum atomic E-state index is 13.0. The van der Waals surface area contributed by atoms with Crippen LogP contribution in [-0.4, -0.2) is 17.0 Å². The van der Waals surface area contributed by atoms with E-state index in [1.807, 2.05) is 12.1 Å². The van der Waals surface area contributed by atoms with Crippen molar-refractivity contribution in [3.8, 4) is 5.69 Å². The molecule has 2 aromatic carbocycles. The Morgan fingerprint density at radius 1 is 1.07 bits per heavy atom. The van der Waals surface area contributed by atoms with Gasteiger partial charge in [0.15, 0.2) is 0 Å². The fraction of sp³-hybridized carbons (Fsp3) is 0.182. The summed E-state index contributed by atoms with van der Waals surface area (Å²) in [6.45, 7) is 1.88. The highest BCUT2D eigenvalue weighted by Gasteiger charge is 2.30. The van der Waals surface area contributed by atoms with Crippen LogP contribution in [0.4, 0.5) is 13.2 Å². The molecule has 0 aliphatic carbocycles. The standard InChI is InChI=1S/C22H18ClF3N2O2/c1-14-5-10-19(20(29)27-12-11-15-6-8-17(23)9-7-15)21(30)28(14)18-4-2-3-16(13-18)22(24,25)26/h2-10,13H,11-12H2,1H3,(H,27,29). The molecule has 0 saturated carbocycles. The first-order valence-electron chi connectivity index (χ1n) is 9.10. The number of carbonyl (C=O) groups is 1. The number of nitrogens with zero attached hydrogens (tertiary/aromatic N) is 1. The summed E-state index contributed by atoms with van der Waals surface area (Å²) in [6, 6.07) is 14.5. The smallest absolute Gasteiger partial charge is 0.352 e. The van der Waals surface area contributed by atoms with Gasteiger partial charge in [-0.1, -0.05) is 29.8 Å². The molecule has 1 N–H and O–H groups in total. The Bertz CT molecular complexity index is 1120. The van der Waals surface area contributed by atoms with Crippen molar-refractivity contribution in [3.05, 3.63) is 98.4 Å². The van der Waals surface area contributed by atoms with Crippen molar-refractivity contribution in [2.45, 2.75) is 19.5 Å². The Morgan fingerprint density at radius 3 is 2.43 bits per heavy atom. The van der Waals surface area contributed by atoms with Gasteiger partial charge in [-0.25, -0.2) is 0 Å². The third-order valence-corrected chi connectivity index (χ3v) is 4.82. The topological polar surface area (TPSA) is 51.1 Å². The van der Waals surface area contributed by atoms with Crippen molar-refractivity contribution in [1.29, 1.82) is 0 Å². The quantitative estimate of drug-likeness (QED) is 0.627. The Labute approximate surface area is 175 Å². The highest BCUT2D eigenvalue weighted by atomic mass is 35.5. The fourth-order valence-electron chi connectivity index (χ4n) is 3.01. The van der Waals surface area contributed by atoms with Crippen LogP contribution in [0.5, 0.6) is 0 Å². The Balaban J connectivity index is 1.83. The average molecular weight is 435 g/mol. The summed E-state index contributed by atoms with van der Waals surface area (Å²) in [7, 11) is 0. The van der Waals surface area contributed by atoms with Crippen LogP contribution in [0, 0.1) is 6.92 Å². The van der Waals surface area contributed by atoms with E-state index in [2.05, 4.69) is 5.32 Å². The van der Waals surface area contributed by atoms with Gasteiger partial charge in [-0.15, -0.1) is 0 Å². The van der Waals surface area contributed by atoms with E-state index in [1.165, 1.54) is 24.3 Å². The first-order valence-corrected chi connectivity index (χ1v) is 9.47. The van der Waals surface area contributed by atoms with Gasteiger partial charge >= 0.3 is 6.18 Å². The molecule has 0 unspecified atom stereocenters. The predicted molar refractivity (Wildman–Crippen MR) is 109 cm³/mol. The van der Waals surface area contributed by atoms with Gasteiger partial charge in [0.25, 0.3) is 11.5 Å². The van der Waals surface area contributed by atoms with Crippen LogP contribution < -0.4 is 10.9 Å². The molecule has 1 aromatic heterocycles. The van der Waals surface area contributed by atoms with Gasteiger partial charge in [-0.2, -0.15) is 13.2 Å². The fourth-order valence-corrected chi connectivity index (χ4v) is 3.14. The third-order valence-electron chi connectivity index (χ3n) is 4.57. The number of hydrogen-bond acceptors (Lipinski definition) is 2. The van der Waals surface area contributed by atoms with Crippen LogP contribution >= 0.6 is 11.6 Å². The first-order chi connectivity index (χ1) is 14.2. The predicted octanol–water partition coefficient (Wildman–Crippen LogP) is 4.79. The van der Waals surface area contributed by atoms with E-state index >= 15 is 0 Å². The van der Waals surface area contributed by atoms with Crippen molar-refractivity contribution in [2.75, 3.05) is 6.54 Å². The first kappa shape index (κ1) is 21.6. The minimum atomic E-state index is -4.54. The van der Waals surface area contributed by atoms with E-state index in [4.69, 9.17) is 11.6 Å². The maximum absolute atomic E-state index is 13.0. The molecule has 0 aliphatic heterocycles. The number of carbonyl (C=O) groups excluding carboxylic acids is 1. The molecular formula is C22H18ClF3N2O2. The number of rotatable bonds is 5. The zero-order chi connectivity index (χ0) is 21.9. The van der Waals surface area contributed by atoms with Crippen molar-refractivity contribution < 1.29 is 18.0 Å². The molecule has 156 valence electrons. The van der Waals surface area contributed by atoms with Gasteiger partial charge in [0, 0.05) is 22.9 Å². The van der Waals surface area contributed by atoms with Gasteiger partial charge in [0.05, 0.1) is 5.56 Å². The van der Waals surface area contributed by atoms with Crippen molar-refractivity contribution in [3.63, 3.8) is 0 Å². The van der Waals surface area contributed by atoms with Gasteiger partial charge < -0.3 is 5.32 Å².